The van der Waals surface area contributed by atoms with Crippen molar-refractivity contribution < 1.29 is 4.74 Å². The maximum absolute atomic E-state index is 5.71. The van der Waals surface area contributed by atoms with Crippen LogP contribution in [0.5, 0.6) is 0 Å². The SMILES string of the molecule is CO[C@H]1CC[C@@]2(C)[C@@H](CC[C@H]3[C@@H]4CCC[C@@]4(C)CC[C@@H]32)C1. The fourth-order valence-electron chi connectivity index (χ4n) is 7.43. The molecule has 0 amide bonds. The molecule has 4 fully saturated rings. The van der Waals surface area contributed by atoms with Gasteiger partial charge in [0.15, 0.2) is 0 Å². The van der Waals surface area contributed by atoms with E-state index in [1.807, 2.05) is 7.11 Å². The van der Waals surface area contributed by atoms with Crippen LogP contribution in [0.3, 0.4) is 0 Å². The van der Waals surface area contributed by atoms with Crippen LogP contribution in [-0.4, -0.2) is 13.2 Å². The van der Waals surface area contributed by atoms with E-state index in [0.29, 0.717) is 16.9 Å². The van der Waals surface area contributed by atoms with Gasteiger partial charge in [-0.3, -0.25) is 0 Å². The maximum atomic E-state index is 5.71. The molecule has 0 saturated heterocycles. The number of rotatable bonds is 1. The van der Waals surface area contributed by atoms with E-state index < -0.39 is 0 Å². The molecule has 7 atom stereocenters. The van der Waals surface area contributed by atoms with Crippen LogP contribution in [0.15, 0.2) is 0 Å². The summed E-state index contributed by atoms with van der Waals surface area (Å²) in [5, 5.41) is 0. The Balaban J connectivity index is 1.59. The van der Waals surface area contributed by atoms with Crippen molar-refractivity contribution in [2.24, 2.45) is 34.5 Å². The van der Waals surface area contributed by atoms with Crippen molar-refractivity contribution in [1.82, 2.24) is 0 Å². The average molecular weight is 290 g/mol. The molecule has 0 bridgehead atoms. The number of hydrogen-bond acceptors (Lipinski definition) is 1. The number of hydrogen-bond donors (Lipinski definition) is 0. The van der Waals surface area contributed by atoms with Gasteiger partial charge in [-0.1, -0.05) is 20.3 Å². The smallest absolute Gasteiger partial charge is 0.0574 e. The summed E-state index contributed by atoms with van der Waals surface area (Å²) in [6, 6.07) is 0. The first kappa shape index (κ1) is 14.5. The second kappa shape index (κ2) is 4.98. The molecule has 1 nitrogen and oxygen atoms in total. The van der Waals surface area contributed by atoms with E-state index in [-0.39, 0.29) is 0 Å². The highest BCUT2D eigenvalue weighted by molar-refractivity contribution is 5.07. The van der Waals surface area contributed by atoms with Gasteiger partial charge in [0.2, 0.25) is 0 Å². The fourth-order valence-corrected chi connectivity index (χ4v) is 7.43. The molecule has 0 aromatic carbocycles. The van der Waals surface area contributed by atoms with Gasteiger partial charge in [-0.25, -0.2) is 0 Å². The fraction of sp³-hybridized carbons (Fsp3) is 1.00. The van der Waals surface area contributed by atoms with Crippen molar-refractivity contribution in [1.29, 1.82) is 0 Å². The lowest BCUT2D eigenvalue weighted by atomic mass is 9.45. The van der Waals surface area contributed by atoms with E-state index in [1.165, 1.54) is 57.8 Å². The zero-order valence-corrected chi connectivity index (χ0v) is 14.4. The highest BCUT2D eigenvalue weighted by Gasteiger charge is 2.57. The Morgan fingerprint density at radius 2 is 1.71 bits per heavy atom. The first-order valence-corrected chi connectivity index (χ1v) is 9.60. The van der Waals surface area contributed by atoms with Gasteiger partial charge in [-0.05, 0) is 92.3 Å². The third-order valence-corrected chi connectivity index (χ3v) is 8.73. The van der Waals surface area contributed by atoms with Crippen molar-refractivity contribution in [2.45, 2.75) is 84.2 Å². The Morgan fingerprint density at radius 1 is 0.857 bits per heavy atom. The predicted molar refractivity (Wildman–Crippen MR) is 87.1 cm³/mol. The second-order valence-electron chi connectivity index (χ2n) is 9.37. The topological polar surface area (TPSA) is 9.23 Å². The minimum atomic E-state index is 0.556. The Labute approximate surface area is 131 Å². The van der Waals surface area contributed by atoms with E-state index >= 15 is 0 Å². The van der Waals surface area contributed by atoms with Gasteiger partial charge in [0, 0.05) is 7.11 Å². The largest absolute Gasteiger partial charge is 0.381 e. The third kappa shape index (κ3) is 2.06. The Bertz CT molecular complexity index is 405. The van der Waals surface area contributed by atoms with Gasteiger partial charge in [0.1, 0.15) is 0 Å². The molecule has 0 aliphatic heterocycles. The Morgan fingerprint density at radius 3 is 2.52 bits per heavy atom. The maximum Gasteiger partial charge on any atom is 0.0574 e. The summed E-state index contributed by atoms with van der Waals surface area (Å²) in [6.07, 6.45) is 15.3. The molecule has 4 aliphatic rings. The van der Waals surface area contributed by atoms with Crippen LogP contribution < -0.4 is 0 Å². The van der Waals surface area contributed by atoms with E-state index in [2.05, 4.69) is 13.8 Å². The molecule has 0 radical (unpaired) electrons. The summed E-state index contributed by atoms with van der Waals surface area (Å²) in [5.41, 5.74) is 1.36. The molecule has 0 aromatic rings. The molecule has 4 aliphatic carbocycles. The zero-order chi connectivity index (χ0) is 14.7. The van der Waals surface area contributed by atoms with E-state index in [4.69, 9.17) is 4.74 Å². The molecule has 120 valence electrons. The van der Waals surface area contributed by atoms with Crippen LogP contribution in [0.1, 0.15) is 78.1 Å². The third-order valence-electron chi connectivity index (χ3n) is 8.73. The van der Waals surface area contributed by atoms with E-state index in [1.54, 1.807) is 6.42 Å². The first-order valence-electron chi connectivity index (χ1n) is 9.60. The number of fused-ring (bicyclic) bond motifs is 5. The molecule has 0 spiro atoms. The number of ether oxygens (including phenoxy) is 1. The average Bonchev–Trinajstić information content (AvgIpc) is 2.88. The molecule has 0 unspecified atom stereocenters. The van der Waals surface area contributed by atoms with Crippen LogP contribution in [0.4, 0.5) is 0 Å². The normalized spacial score (nSPS) is 56.4. The zero-order valence-electron chi connectivity index (χ0n) is 14.4. The molecule has 0 heterocycles. The quantitative estimate of drug-likeness (QED) is 0.625. The van der Waals surface area contributed by atoms with Gasteiger partial charge < -0.3 is 4.74 Å². The van der Waals surface area contributed by atoms with Crippen LogP contribution in [-0.2, 0) is 4.74 Å². The molecule has 0 N–H and O–H groups in total. The van der Waals surface area contributed by atoms with Gasteiger partial charge in [0.25, 0.3) is 0 Å². The van der Waals surface area contributed by atoms with Crippen LogP contribution >= 0.6 is 0 Å². The molecule has 0 aromatic heterocycles. The lowest BCUT2D eigenvalue weighted by Gasteiger charge is -2.60. The second-order valence-corrected chi connectivity index (χ2v) is 9.37. The van der Waals surface area contributed by atoms with Crippen LogP contribution in [0.25, 0.3) is 0 Å². The summed E-state index contributed by atoms with van der Waals surface area (Å²) >= 11 is 0. The van der Waals surface area contributed by atoms with Gasteiger partial charge >= 0.3 is 0 Å². The van der Waals surface area contributed by atoms with Crippen molar-refractivity contribution in [3.63, 3.8) is 0 Å². The lowest BCUT2D eigenvalue weighted by Crippen LogP contribution is -2.53. The lowest BCUT2D eigenvalue weighted by molar-refractivity contribution is -0.125. The van der Waals surface area contributed by atoms with Crippen LogP contribution in [0, 0.1) is 34.5 Å². The first-order chi connectivity index (χ1) is 10.1. The van der Waals surface area contributed by atoms with Crippen molar-refractivity contribution in [2.75, 3.05) is 7.11 Å². The summed E-state index contributed by atoms with van der Waals surface area (Å²) in [6.45, 7) is 5.29. The van der Waals surface area contributed by atoms with Gasteiger partial charge in [0.05, 0.1) is 6.10 Å². The minimum Gasteiger partial charge on any atom is -0.381 e. The standard InChI is InChI=1S/C20H34O/c1-19-10-4-5-17(19)16-7-6-14-13-15(21-3)8-12-20(14,2)18(16)9-11-19/h14-18H,4-13H2,1-3H3/t14-,15-,16-,17-,18-,19-,20-/m0/s1. The molecular weight excluding hydrogens is 256 g/mol. The molecule has 1 heteroatoms. The van der Waals surface area contributed by atoms with Gasteiger partial charge in [-0.2, -0.15) is 0 Å². The number of methoxy groups -OCH3 is 1. The Kier molecular flexibility index (Phi) is 3.45. The summed E-state index contributed by atoms with van der Waals surface area (Å²) < 4.78 is 5.71. The molecule has 4 rings (SSSR count). The van der Waals surface area contributed by atoms with E-state index in [9.17, 15) is 0 Å². The highest BCUT2D eigenvalue weighted by atomic mass is 16.5. The van der Waals surface area contributed by atoms with Crippen LogP contribution in [0.2, 0.25) is 0 Å². The highest BCUT2D eigenvalue weighted by Crippen LogP contribution is 2.66. The molecule has 4 saturated carbocycles. The van der Waals surface area contributed by atoms with E-state index in [0.717, 1.165) is 23.7 Å². The van der Waals surface area contributed by atoms with Gasteiger partial charge in [-0.15, -0.1) is 0 Å². The van der Waals surface area contributed by atoms with Crippen molar-refractivity contribution in [3.05, 3.63) is 0 Å². The molecular formula is C20H34O. The summed E-state index contributed by atoms with van der Waals surface area (Å²) in [4.78, 5) is 0. The molecule has 21 heavy (non-hydrogen) atoms. The van der Waals surface area contributed by atoms with Crippen molar-refractivity contribution >= 4 is 0 Å². The Hall–Kier alpha value is -0.0400. The summed E-state index contributed by atoms with van der Waals surface area (Å²) in [5.74, 6) is 4.11. The van der Waals surface area contributed by atoms with Crippen molar-refractivity contribution in [3.8, 4) is 0 Å². The predicted octanol–water partition coefficient (Wildman–Crippen LogP) is 5.43. The monoisotopic (exact) mass is 290 g/mol. The summed E-state index contributed by atoms with van der Waals surface area (Å²) in [7, 11) is 1.92. The minimum absolute atomic E-state index is 0.556.